The number of rotatable bonds is 6. The summed E-state index contributed by atoms with van der Waals surface area (Å²) in [6, 6.07) is 9.59. The van der Waals surface area contributed by atoms with Gasteiger partial charge in [0.25, 0.3) is 5.91 Å². The normalized spacial score (nSPS) is 18.7. The second-order valence-electron chi connectivity index (χ2n) is 5.34. The smallest absolute Gasteiger partial charge is 0.264 e. The molecule has 0 aromatic heterocycles. The van der Waals surface area contributed by atoms with E-state index in [0.29, 0.717) is 12.4 Å². The molecule has 8 nitrogen and oxygen atoms in total. The van der Waals surface area contributed by atoms with Crippen LogP contribution in [-0.2, 0) is 16.1 Å². The molecule has 25 heavy (non-hydrogen) atoms. The summed E-state index contributed by atoms with van der Waals surface area (Å²) >= 11 is 1.10. The number of benzene rings is 1. The predicted molar refractivity (Wildman–Crippen MR) is 96.4 cm³/mol. The summed E-state index contributed by atoms with van der Waals surface area (Å²) in [5, 5.41) is 17.6. The first-order chi connectivity index (χ1) is 12.2. The molecule has 0 aliphatic carbocycles. The minimum Gasteiger partial charge on any atom is -0.394 e. The van der Waals surface area contributed by atoms with E-state index in [4.69, 9.17) is 5.11 Å². The molecule has 1 atom stereocenters. The Hall–Kier alpha value is -2.52. The van der Waals surface area contributed by atoms with Gasteiger partial charge in [0.2, 0.25) is 5.91 Å². The van der Waals surface area contributed by atoms with Crippen LogP contribution in [-0.4, -0.2) is 58.1 Å². The van der Waals surface area contributed by atoms with Crippen LogP contribution in [0.2, 0.25) is 0 Å². The Morgan fingerprint density at radius 3 is 2.84 bits per heavy atom. The summed E-state index contributed by atoms with van der Waals surface area (Å²) < 4.78 is 0. The molecule has 2 amide bonds. The Bertz CT molecular complexity index is 747. The van der Waals surface area contributed by atoms with Crippen molar-refractivity contribution >= 4 is 40.8 Å². The van der Waals surface area contributed by atoms with E-state index in [1.165, 1.54) is 11.2 Å². The highest BCUT2D eigenvalue weighted by Crippen LogP contribution is 2.21. The number of thioether (sulfide) groups is 1. The van der Waals surface area contributed by atoms with Gasteiger partial charge in [-0.3, -0.25) is 9.59 Å². The monoisotopic (exact) mass is 359 g/mol. The number of carbonyl (C=O) groups excluding carboxylic acids is 2. The first kappa shape index (κ1) is 17.3. The maximum atomic E-state index is 12.0. The van der Waals surface area contributed by atoms with Crippen molar-refractivity contribution in [1.29, 1.82) is 0 Å². The van der Waals surface area contributed by atoms with Crippen molar-refractivity contribution < 1.29 is 14.7 Å². The Balaban J connectivity index is 1.53. The van der Waals surface area contributed by atoms with E-state index in [-0.39, 0.29) is 35.9 Å². The fourth-order valence-corrected chi connectivity index (χ4v) is 3.01. The highest BCUT2D eigenvalue weighted by Gasteiger charge is 2.35. The van der Waals surface area contributed by atoms with Crippen molar-refractivity contribution in [3.63, 3.8) is 0 Å². The molecule has 0 bridgehead atoms. The third-order valence-corrected chi connectivity index (χ3v) is 4.40. The first-order valence-corrected chi connectivity index (χ1v) is 8.73. The van der Waals surface area contributed by atoms with Crippen molar-refractivity contribution in [3.05, 3.63) is 35.9 Å². The number of amides is 2. The molecule has 3 rings (SSSR count). The van der Waals surface area contributed by atoms with Crippen LogP contribution in [0.5, 0.6) is 0 Å². The zero-order valence-electron chi connectivity index (χ0n) is 13.3. The van der Waals surface area contributed by atoms with Crippen molar-refractivity contribution in [1.82, 2.24) is 10.3 Å². The highest BCUT2D eigenvalue weighted by molar-refractivity contribution is 8.14. The molecule has 0 saturated carbocycles. The van der Waals surface area contributed by atoms with Gasteiger partial charge in [0.1, 0.15) is 11.8 Å². The largest absolute Gasteiger partial charge is 0.394 e. The Kier molecular flexibility index (Phi) is 5.56. The standard InChI is InChI=1S/C16H17N5O3S/c22-7-6-21-14-12(9-18-21)15(24)20-16(19-14)25-10-13(23)17-8-11-4-2-1-3-5-11/h1-5,9,12,22H,6-8,10H2,(H,17,23). The molecule has 0 fully saturated rings. The van der Waals surface area contributed by atoms with Crippen LogP contribution in [0.1, 0.15) is 5.56 Å². The third kappa shape index (κ3) is 4.31. The maximum Gasteiger partial charge on any atom is 0.264 e. The Morgan fingerprint density at radius 1 is 1.28 bits per heavy atom. The molecule has 1 aromatic rings. The van der Waals surface area contributed by atoms with Crippen molar-refractivity contribution in [2.45, 2.75) is 6.54 Å². The van der Waals surface area contributed by atoms with Gasteiger partial charge in [0.05, 0.1) is 18.9 Å². The van der Waals surface area contributed by atoms with Crippen molar-refractivity contribution in [3.8, 4) is 0 Å². The second kappa shape index (κ2) is 8.04. The lowest BCUT2D eigenvalue weighted by molar-refractivity contribution is -0.119. The van der Waals surface area contributed by atoms with Crippen LogP contribution in [0.25, 0.3) is 0 Å². The summed E-state index contributed by atoms with van der Waals surface area (Å²) in [6.45, 7) is 0.605. The van der Waals surface area contributed by atoms with E-state index in [0.717, 1.165) is 17.3 Å². The number of aliphatic hydroxyl groups is 1. The molecule has 130 valence electrons. The fourth-order valence-electron chi connectivity index (χ4n) is 2.33. The fraction of sp³-hybridized carbons (Fsp3) is 0.312. The number of amidine groups is 2. The number of hydrogen-bond donors (Lipinski definition) is 2. The van der Waals surface area contributed by atoms with Gasteiger partial charge in [0, 0.05) is 12.8 Å². The summed E-state index contributed by atoms with van der Waals surface area (Å²) in [5.41, 5.74) is 1.01. The third-order valence-electron chi connectivity index (χ3n) is 3.56. The molecular weight excluding hydrogens is 342 g/mol. The van der Waals surface area contributed by atoms with Crippen LogP contribution in [0.4, 0.5) is 0 Å². The van der Waals surface area contributed by atoms with E-state index in [2.05, 4.69) is 20.4 Å². The van der Waals surface area contributed by atoms with Crippen LogP contribution in [0.15, 0.2) is 45.4 Å². The molecule has 0 spiro atoms. The lowest BCUT2D eigenvalue weighted by Crippen LogP contribution is -2.35. The molecule has 1 unspecified atom stereocenters. The minimum atomic E-state index is -0.595. The topological polar surface area (TPSA) is 107 Å². The molecule has 0 saturated heterocycles. The summed E-state index contributed by atoms with van der Waals surface area (Å²) in [6.07, 6.45) is 1.47. The van der Waals surface area contributed by atoms with Gasteiger partial charge in [-0.05, 0) is 5.56 Å². The molecule has 2 heterocycles. The number of aliphatic imine (C=N–C) groups is 2. The number of nitrogens with zero attached hydrogens (tertiary/aromatic N) is 4. The minimum absolute atomic E-state index is 0.0984. The molecule has 2 aliphatic heterocycles. The summed E-state index contributed by atoms with van der Waals surface area (Å²) in [7, 11) is 0. The lowest BCUT2D eigenvalue weighted by atomic mass is 10.1. The Labute approximate surface area is 148 Å². The van der Waals surface area contributed by atoms with Gasteiger partial charge < -0.3 is 10.4 Å². The van der Waals surface area contributed by atoms with E-state index in [1.807, 2.05) is 30.3 Å². The molecule has 0 radical (unpaired) electrons. The van der Waals surface area contributed by atoms with E-state index >= 15 is 0 Å². The lowest BCUT2D eigenvalue weighted by Gasteiger charge is -2.19. The quantitative estimate of drug-likeness (QED) is 0.757. The highest BCUT2D eigenvalue weighted by atomic mass is 32.2. The zero-order chi connectivity index (χ0) is 17.6. The average Bonchev–Trinajstić information content (AvgIpc) is 3.03. The van der Waals surface area contributed by atoms with Crippen molar-refractivity contribution in [2.75, 3.05) is 18.9 Å². The van der Waals surface area contributed by atoms with Gasteiger partial charge in [-0.2, -0.15) is 10.1 Å². The van der Waals surface area contributed by atoms with Gasteiger partial charge in [0.15, 0.2) is 5.17 Å². The van der Waals surface area contributed by atoms with Gasteiger partial charge >= 0.3 is 0 Å². The predicted octanol–water partition coefficient (Wildman–Crippen LogP) is 0.241. The Morgan fingerprint density at radius 2 is 2.08 bits per heavy atom. The van der Waals surface area contributed by atoms with Crippen LogP contribution < -0.4 is 5.32 Å². The molecule has 2 N–H and O–H groups in total. The number of hydrazone groups is 1. The number of carbonyl (C=O) groups is 2. The molecule has 2 aliphatic rings. The van der Waals surface area contributed by atoms with Gasteiger partial charge in [-0.1, -0.05) is 42.1 Å². The van der Waals surface area contributed by atoms with Crippen molar-refractivity contribution in [2.24, 2.45) is 21.0 Å². The van der Waals surface area contributed by atoms with Gasteiger partial charge in [-0.15, -0.1) is 0 Å². The van der Waals surface area contributed by atoms with E-state index in [1.54, 1.807) is 0 Å². The molecule has 1 aromatic carbocycles. The van der Waals surface area contributed by atoms with Gasteiger partial charge in [-0.25, -0.2) is 10.0 Å². The number of nitrogens with one attached hydrogen (secondary N) is 1. The zero-order valence-corrected chi connectivity index (χ0v) is 14.1. The first-order valence-electron chi connectivity index (χ1n) is 7.74. The number of fused-ring (bicyclic) bond motifs is 1. The van der Waals surface area contributed by atoms with E-state index in [9.17, 15) is 9.59 Å². The SMILES string of the molecule is O=C(CSC1=NC(=O)C2C=NN(CCO)C2=N1)NCc1ccccc1. The number of aliphatic hydroxyl groups excluding tert-OH is 1. The number of hydrogen-bond acceptors (Lipinski definition) is 7. The van der Waals surface area contributed by atoms with Crippen LogP contribution in [0.3, 0.4) is 0 Å². The van der Waals surface area contributed by atoms with E-state index < -0.39 is 5.92 Å². The summed E-state index contributed by atoms with van der Waals surface area (Å²) in [5.74, 6) is -0.562. The van der Waals surface area contributed by atoms with Crippen LogP contribution in [0, 0.1) is 5.92 Å². The summed E-state index contributed by atoms with van der Waals surface area (Å²) in [4.78, 5) is 32.2. The maximum absolute atomic E-state index is 12.0. The molecular formula is C16H17N5O3S. The molecule has 9 heteroatoms. The van der Waals surface area contributed by atoms with Crippen LogP contribution >= 0.6 is 11.8 Å². The number of β-amino-alcohol motifs (C(OH)–C–C–N with tert-alkyl or cyclic N) is 1. The average molecular weight is 359 g/mol. The second-order valence-corrected chi connectivity index (χ2v) is 6.29.